The maximum Gasteiger partial charge on any atom is 0.379 e. The monoisotopic (exact) mass is 407 g/mol. The molecule has 2 aromatic carbocycles. The second-order valence-corrected chi connectivity index (χ2v) is 8.51. The van der Waals surface area contributed by atoms with Crippen molar-refractivity contribution >= 4 is 28.4 Å². The molecule has 0 radical (unpaired) electrons. The number of aliphatic hydroxyl groups excluding tert-OH is 1. The Morgan fingerprint density at radius 3 is 2.43 bits per heavy atom. The molecule has 0 atom stereocenters. The van der Waals surface area contributed by atoms with E-state index in [0.717, 1.165) is 5.56 Å². The van der Waals surface area contributed by atoms with Gasteiger partial charge in [0.25, 0.3) is 5.78 Å². The van der Waals surface area contributed by atoms with Crippen LogP contribution in [0.25, 0.3) is 16.7 Å². The van der Waals surface area contributed by atoms with E-state index in [1.165, 1.54) is 17.7 Å². The lowest BCUT2D eigenvalue weighted by atomic mass is 9.87. The van der Waals surface area contributed by atoms with Crippen LogP contribution < -0.4 is 0 Å². The van der Waals surface area contributed by atoms with Crippen molar-refractivity contribution in [2.24, 2.45) is 0 Å². The fraction of sp³-hybridized carbons (Fsp3) is 0.250. The Hall–Kier alpha value is -3.41. The highest BCUT2D eigenvalue weighted by Crippen LogP contribution is 2.31. The number of fused-ring (bicyclic) bond motifs is 1. The van der Waals surface area contributed by atoms with Gasteiger partial charge in [0.15, 0.2) is 0 Å². The summed E-state index contributed by atoms with van der Waals surface area (Å²) in [6, 6.07) is 12.5. The van der Waals surface area contributed by atoms with Crippen LogP contribution in [0, 0.1) is 5.82 Å². The molecule has 1 aliphatic rings. The van der Waals surface area contributed by atoms with Crippen LogP contribution in [0.5, 0.6) is 0 Å². The van der Waals surface area contributed by atoms with E-state index in [9.17, 15) is 19.1 Å². The summed E-state index contributed by atoms with van der Waals surface area (Å²) in [6.45, 7) is 6.66. The van der Waals surface area contributed by atoms with E-state index < -0.39 is 17.6 Å². The second kappa shape index (κ2) is 7.13. The number of esters is 1. The number of carbonyl (C=O) groups excluding carboxylic acids is 2. The molecule has 0 saturated carbocycles. The molecule has 154 valence electrons. The number of hydrogen-bond donors (Lipinski definition) is 1. The van der Waals surface area contributed by atoms with Crippen molar-refractivity contribution in [1.82, 2.24) is 4.57 Å². The molecule has 0 bridgehead atoms. The van der Waals surface area contributed by atoms with Crippen LogP contribution in [0.4, 0.5) is 4.39 Å². The average Bonchev–Trinajstić information content (AvgIpc) is 3.21. The minimum atomic E-state index is -0.995. The van der Waals surface area contributed by atoms with Gasteiger partial charge in [0.1, 0.15) is 18.2 Å². The molecule has 1 aromatic heterocycles. The summed E-state index contributed by atoms with van der Waals surface area (Å²) in [6.07, 6.45) is 1.67. The van der Waals surface area contributed by atoms with E-state index in [1.807, 2.05) is 16.7 Å². The first-order valence-electron chi connectivity index (χ1n) is 9.67. The van der Waals surface area contributed by atoms with Crippen molar-refractivity contribution in [2.45, 2.75) is 32.7 Å². The Balaban J connectivity index is 1.78. The van der Waals surface area contributed by atoms with Crippen LogP contribution in [0.2, 0.25) is 0 Å². The SMILES string of the molecule is CC(C)(C)c1ccc(Cn2cc(/C(O)=C3\COC(=O)C3=O)c3cc(F)ccc32)cc1. The molecule has 1 N–H and O–H groups in total. The summed E-state index contributed by atoms with van der Waals surface area (Å²) in [4.78, 5) is 23.4. The number of aliphatic hydroxyl groups is 1. The highest BCUT2D eigenvalue weighted by atomic mass is 19.1. The maximum absolute atomic E-state index is 13.9. The quantitative estimate of drug-likeness (QED) is 0.300. The number of aromatic nitrogens is 1. The van der Waals surface area contributed by atoms with E-state index in [2.05, 4.69) is 32.9 Å². The van der Waals surface area contributed by atoms with Crippen molar-refractivity contribution in [2.75, 3.05) is 6.61 Å². The summed E-state index contributed by atoms with van der Waals surface area (Å²) in [5.41, 5.74) is 3.19. The van der Waals surface area contributed by atoms with Gasteiger partial charge >= 0.3 is 5.97 Å². The van der Waals surface area contributed by atoms with Gasteiger partial charge in [-0.2, -0.15) is 0 Å². The van der Waals surface area contributed by atoms with E-state index in [4.69, 9.17) is 4.74 Å². The highest BCUT2D eigenvalue weighted by Gasteiger charge is 2.33. The lowest BCUT2D eigenvalue weighted by molar-refractivity contribution is -0.146. The summed E-state index contributed by atoms with van der Waals surface area (Å²) in [5, 5.41) is 11.2. The molecule has 1 aliphatic heterocycles. The Morgan fingerprint density at radius 2 is 1.83 bits per heavy atom. The molecule has 0 amide bonds. The molecule has 0 aliphatic carbocycles. The molecule has 4 rings (SSSR count). The van der Waals surface area contributed by atoms with Crippen molar-refractivity contribution in [3.63, 3.8) is 0 Å². The minimum Gasteiger partial charge on any atom is -0.507 e. The number of benzene rings is 2. The van der Waals surface area contributed by atoms with Gasteiger partial charge in [-0.15, -0.1) is 0 Å². The molecular formula is C24H22FNO4. The Morgan fingerprint density at radius 1 is 1.13 bits per heavy atom. The van der Waals surface area contributed by atoms with Crippen LogP contribution in [-0.4, -0.2) is 28.0 Å². The van der Waals surface area contributed by atoms with Gasteiger partial charge in [-0.3, -0.25) is 4.79 Å². The molecular weight excluding hydrogens is 385 g/mol. The smallest absolute Gasteiger partial charge is 0.379 e. The van der Waals surface area contributed by atoms with Crippen molar-refractivity contribution in [1.29, 1.82) is 0 Å². The molecule has 3 aromatic rings. The number of ether oxygens (including phenoxy) is 1. The van der Waals surface area contributed by atoms with Crippen LogP contribution in [0.15, 0.2) is 54.2 Å². The van der Waals surface area contributed by atoms with Gasteiger partial charge in [-0.25, -0.2) is 9.18 Å². The van der Waals surface area contributed by atoms with Gasteiger partial charge in [0.05, 0.1) is 5.57 Å². The normalized spacial score (nSPS) is 16.3. The molecule has 5 nitrogen and oxygen atoms in total. The van der Waals surface area contributed by atoms with Crippen molar-refractivity contribution < 1.29 is 23.8 Å². The zero-order valence-electron chi connectivity index (χ0n) is 17.0. The molecule has 2 heterocycles. The standard InChI is InChI=1S/C24H22FNO4/c1-24(2,3)15-6-4-14(5-7-15)11-26-12-18(17-10-16(25)8-9-20(17)26)21(27)19-13-30-23(29)22(19)28/h4-10,12,27H,11,13H2,1-3H3/b21-19-. The van der Waals surface area contributed by atoms with E-state index >= 15 is 0 Å². The Bertz CT molecular complexity index is 1200. The van der Waals surface area contributed by atoms with Gasteiger partial charge in [0.2, 0.25) is 0 Å². The molecule has 1 fully saturated rings. The molecule has 0 spiro atoms. The summed E-state index contributed by atoms with van der Waals surface area (Å²) in [5.74, 6) is -2.69. The van der Waals surface area contributed by atoms with Crippen LogP contribution in [0.3, 0.4) is 0 Å². The van der Waals surface area contributed by atoms with Crippen molar-refractivity contribution in [3.05, 3.63) is 76.7 Å². The molecule has 1 saturated heterocycles. The van der Waals surface area contributed by atoms with Gasteiger partial charge in [-0.05, 0) is 34.7 Å². The third kappa shape index (κ3) is 3.49. The first-order valence-corrected chi connectivity index (χ1v) is 9.67. The zero-order valence-corrected chi connectivity index (χ0v) is 17.0. The average molecular weight is 407 g/mol. The summed E-state index contributed by atoms with van der Waals surface area (Å²) in [7, 11) is 0. The number of carbonyl (C=O) groups is 2. The zero-order chi connectivity index (χ0) is 21.6. The van der Waals surface area contributed by atoms with E-state index in [0.29, 0.717) is 17.4 Å². The topological polar surface area (TPSA) is 68.5 Å². The Labute approximate surface area is 173 Å². The largest absolute Gasteiger partial charge is 0.507 e. The fourth-order valence-corrected chi connectivity index (χ4v) is 3.63. The van der Waals surface area contributed by atoms with Gasteiger partial charge < -0.3 is 14.4 Å². The molecule has 6 heteroatoms. The number of rotatable bonds is 3. The molecule has 0 unspecified atom stereocenters. The number of nitrogens with zero attached hydrogens (tertiary/aromatic N) is 1. The highest BCUT2D eigenvalue weighted by molar-refractivity contribution is 6.43. The van der Waals surface area contributed by atoms with Crippen LogP contribution in [-0.2, 0) is 26.3 Å². The second-order valence-electron chi connectivity index (χ2n) is 8.51. The number of hydrogen-bond acceptors (Lipinski definition) is 4. The van der Waals surface area contributed by atoms with Gasteiger partial charge in [0, 0.05) is 29.2 Å². The first kappa shape index (κ1) is 19.9. The van der Waals surface area contributed by atoms with Crippen LogP contribution >= 0.6 is 0 Å². The maximum atomic E-state index is 13.9. The third-order valence-electron chi connectivity index (χ3n) is 5.36. The fourth-order valence-electron chi connectivity index (χ4n) is 3.63. The first-order chi connectivity index (χ1) is 14.1. The van der Waals surface area contributed by atoms with Crippen LogP contribution in [0.1, 0.15) is 37.5 Å². The van der Waals surface area contributed by atoms with E-state index in [-0.39, 0.29) is 28.9 Å². The minimum absolute atomic E-state index is 0.0503. The number of ketones is 1. The predicted molar refractivity (Wildman–Crippen MR) is 112 cm³/mol. The molecule has 30 heavy (non-hydrogen) atoms. The van der Waals surface area contributed by atoms with E-state index in [1.54, 1.807) is 12.3 Å². The lowest BCUT2D eigenvalue weighted by Crippen LogP contribution is -2.11. The Kier molecular flexibility index (Phi) is 4.73. The number of Topliss-reactive ketones (excluding diaryl/α,β-unsaturated/α-hetero) is 1. The predicted octanol–water partition coefficient (Wildman–Crippen LogP) is 4.52. The lowest BCUT2D eigenvalue weighted by Gasteiger charge is -2.19. The van der Waals surface area contributed by atoms with Crippen molar-refractivity contribution in [3.8, 4) is 0 Å². The summed E-state index contributed by atoms with van der Waals surface area (Å²) < 4.78 is 20.5. The summed E-state index contributed by atoms with van der Waals surface area (Å²) >= 11 is 0. The van der Waals surface area contributed by atoms with Gasteiger partial charge in [-0.1, -0.05) is 45.0 Å². The number of cyclic esters (lactones) is 1. The number of halogens is 1. The third-order valence-corrected chi connectivity index (χ3v) is 5.36.